The molecule has 1 aliphatic rings. The van der Waals surface area contributed by atoms with E-state index in [9.17, 15) is 14.4 Å². The van der Waals surface area contributed by atoms with E-state index >= 15 is 0 Å². The summed E-state index contributed by atoms with van der Waals surface area (Å²) in [4.78, 5) is 33.9. The second kappa shape index (κ2) is 10.1. The van der Waals surface area contributed by atoms with Crippen LogP contribution < -0.4 is 5.32 Å². The summed E-state index contributed by atoms with van der Waals surface area (Å²) in [6, 6.07) is 0. The maximum atomic E-state index is 11.6. The van der Waals surface area contributed by atoms with E-state index in [1.807, 2.05) is 6.92 Å². The number of unbranched alkanes of at least 4 members (excludes halogenated alkanes) is 1. The largest absolute Gasteiger partial charge is 0.481 e. The Morgan fingerprint density at radius 1 is 1.17 bits per heavy atom. The van der Waals surface area contributed by atoms with Gasteiger partial charge in [0.05, 0.1) is 5.92 Å². The highest BCUT2D eigenvalue weighted by molar-refractivity contribution is 5.70. The lowest BCUT2D eigenvalue weighted by atomic mass is 9.82. The molecule has 1 atom stereocenters. The number of carboxylic acids is 1. The Labute approximate surface area is 136 Å². The molecular formula is C16H27NO6. The molecule has 0 aromatic carbocycles. The van der Waals surface area contributed by atoms with E-state index in [0.717, 1.165) is 25.7 Å². The highest BCUT2D eigenvalue weighted by atomic mass is 16.7. The van der Waals surface area contributed by atoms with E-state index in [1.54, 1.807) is 0 Å². The Morgan fingerprint density at radius 3 is 2.39 bits per heavy atom. The van der Waals surface area contributed by atoms with Crippen LogP contribution in [0.15, 0.2) is 0 Å². The van der Waals surface area contributed by atoms with Crippen LogP contribution in [-0.2, 0) is 19.1 Å². The van der Waals surface area contributed by atoms with Crippen molar-refractivity contribution in [1.82, 2.24) is 5.32 Å². The van der Waals surface area contributed by atoms with Crippen molar-refractivity contribution < 1.29 is 29.0 Å². The van der Waals surface area contributed by atoms with Crippen molar-refractivity contribution in [3.63, 3.8) is 0 Å². The molecule has 7 nitrogen and oxygen atoms in total. The van der Waals surface area contributed by atoms with E-state index in [4.69, 9.17) is 14.6 Å². The van der Waals surface area contributed by atoms with Gasteiger partial charge in [0.1, 0.15) is 0 Å². The number of hydrogen-bond acceptors (Lipinski definition) is 5. The Balaban J connectivity index is 2.17. The van der Waals surface area contributed by atoms with Gasteiger partial charge in [0, 0.05) is 19.9 Å². The van der Waals surface area contributed by atoms with Gasteiger partial charge >= 0.3 is 18.0 Å². The second-order valence-corrected chi connectivity index (χ2v) is 6.00. The first kappa shape index (κ1) is 19.3. The SMILES string of the molecule is CCCCC(=O)OC(C)OC(=O)NC[C@H]1CC[C@H](C(=O)O)CC1. The minimum absolute atomic E-state index is 0.263. The number of hydrogen-bond donors (Lipinski definition) is 2. The molecule has 0 radical (unpaired) electrons. The normalized spacial score (nSPS) is 22.0. The number of carbonyl (C=O) groups excluding carboxylic acids is 2. The summed E-state index contributed by atoms with van der Waals surface area (Å²) in [7, 11) is 0. The van der Waals surface area contributed by atoms with Crippen LogP contribution >= 0.6 is 0 Å². The monoisotopic (exact) mass is 329 g/mol. The second-order valence-electron chi connectivity index (χ2n) is 6.00. The third-order valence-corrected chi connectivity index (χ3v) is 4.04. The Bertz CT molecular complexity index is 403. The molecule has 1 unspecified atom stereocenters. The van der Waals surface area contributed by atoms with Gasteiger partial charge in [-0.1, -0.05) is 13.3 Å². The Morgan fingerprint density at radius 2 is 1.83 bits per heavy atom. The number of ether oxygens (including phenoxy) is 2. The molecule has 1 rings (SSSR count). The van der Waals surface area contributed by atoms with Crippen LogP contribution in [0, 0.1) is 11.8 Å². The van der Waals surface area contributed by atoms with E-state index in [1.165, 1.54) is 6.92 Å². The average molecular weight is 329 g/mol. The fourth-order valence-electron chi connectivity index (χ4n) is 2.62. The van der Waals surface area contributed by atoms with Crippen molar-refractivity contribution in [1.29, 1.82) is 0 Å². The molecule has 0 aromatic rings. The predicted molar refractivity (Wildman–Crippen MR) is 82.6 cm³/mol. The van der Waals surface area contributed by atoms with Crippen LogP contribution in [-0.4, -0.2) is 36.0 Å². The number of rotatable bonds is 8. The Hall–Kier alpha value is -1.79. The zero-order chi connectivity index (χ0) is 17.2. The van der Waals surface area contributed by atoms with Gasteiger partial charge in [-0.15, -0.1) is 0 Å². The minimum atomic E-state index is -0.915. The molecular weight excluding hydrogens is 302 g/mol. The lowest BCUT2D eigenvalue weighted by Gasteiger charge is -2.26. The van der Waals surface area contributed by atoms with Gasteiger partial charge in [-0.2, -0.15) is 0 Å². The molecule has 0 heterocycles. The first-order chi connectivity index (χ1) is 10.9. The first-order valence-corrected chi connectivity index (χ1v) is 8.29. The molecule has 1 amide bonds. The molecule has 2 N–H and O–H groups in total. The summed E-state index contributed by atoms with van der Waals surface area (Å²) in [6.45, 7) is 3.92. The van der Waals surface area contributed by atoms with Gasteiger partial charge < -0.3 is 19.9 Å². The third kappa shape index (κ3) is 7.85. The van der Waals surface area contributed by atoms with Gasteiger partial charge in [-0.25, -0.2) is 4.79 Å². The Kier molecular flexibility index (Phi) is 8.43. The summed E-state index contributed by atoms with van der Waals surface area (Å²) in [5.41, 5.74) is 0. The fourth-order valence-corrected chi connectivity index (χ4v) is 2.62. The highest BCUT2D eigenvalue weighted by Crippen LogP contribution is 2.28. The van der Waals surface area contributed by atoms with Crippen molar-refractivity contribution in [2.45, 2.75) is 65.1 Å². The summed E-state index contributed by atoms with van der Waals surface area (Å²) >= 11 is 0. The number of nitrogens with one attached hydrogen (secondary N) is 1. The molecule has 23 heavy (non-hydrogen) atoms. The molecule has 0 aliphatic heterocycles. The van der Waals surface area contributed by atoms with Crippen molar-refractivity contribution in [2.24, 2.45) is 11.8 Å². The standard InChI is InChI=1S/C16H27NO6/c1-3-4-5-14(18)22-11(2)23-16(21)17-10-12-6-8-13(9-7-12)15(19)20/h11-13H,3-10H2,1-2H3,(H,17,21)(H,19,20)/t11?,12-,13-. The third-order valence-electron chi connectivity index (χ3n) is 4.04. The van der Waals surface area contributed by atoms with E-state index in [2.05, 4.69) is 5.32 Å². The van der Waals surface area contributed by atoms with Crippen molar-refractivity contribution in [2.75, 3.05) is 6.54 Å². The molecule has 0 spiro atoms. The number of carbonyl (C=O) groups is 3. The summed E-state index contributed by atoms with van der Waals surface area (Å²) in [5.74, 6) is -1.12. The van der Waals surface area contributed by atoms with Gasteiger partial charge in [0.2, 0.25) is 6.29 Å². The molecule has 1 fully saturated rings. The van der Waals surface area contributed by atoms with Gasteiger partial charge in [-0.3, -0.25) is 9.59 Å². The number of alkyl carbamates (subject to hydrolysis) is 1. The van der Waals surface area contributed by atoms with Crippen molar-refractivity contribution in [3.05, 3.63) is 0 Å². The molecule has 7 heteroatoms. The molecule has 0 saturated heterocycles. The summed E-state index contributed by atoms with van der Waals surface area (Å²) in [6.07, 6.45) is 3.26. The lowest BCUT2D eigenvalue weighted by Crippen LogP contribution is -2.35. The van der Waals surface area contributed by atoms with Crippen LogP contribution in [0.2, 0.25) is 0 Å². The predicted octanol–water partition coefficient (Wildman–Crippen LogP) is 2.68. The average Bonchev–Trinajstić information content (AvgIpc) is 2.51. The zero-order valence-electron chi connectivity index (χ0n) is 13.9. The smallest absolute Gasteiger partial charge is 0.410 e. The number of aliphatic carboxylic acids is 1. The maximum absolute atomic E-state index is 11.6. The molecule has 0 aromatic heterocycles. The number of carboxylic acid groups (broad SMARTS) is 1. The van der Waals surface area contributed by atoms with Gasteiger partial charge in [-0.05, 0) is 38.0 Å². The fraction of sp³-hybridized carbons (Fsp3) is 0.812. The molecule has 1 aliphatic carbocycles. The topological polar surface area (TPSA) is 102 Å². The van der Waals surface area contributed by atoms with Crippen LogP contribution in [0.25, 0.3) is 0 Å². The first-order valence-electron chi connectivity index (χ1n) is 8.29. The van der Waals surface area contributed by atoms with E-state index < -0.39 is 18.4 Å². The quantitative estimate of drug-likeness (QED) is 0.524. The maximum Gasteiger partial charge on any atom is 0.410 e. The molecule has 0 bridgehead atoms. The van der Waals surface area contributed by atoms with E-state index in [-0.39, 0.29) is 17.8 Å². The molecule has 132 valence electrons. The van der Waals surface area contributed by atoms with Crippen LogP contribution in [0.1, 0.15) is 58.8 Å². The zero-order valence-corrected chi connectivity index (χ0v) is 13.9. The highest BCUT2D eigenvalue weighted by Gasteiger charge is 2.26. The summed E-state index contributed by atoms with van der Waals surface area (Å²) in [5, 5.41) is 11.6. The van der Waals surface area contributed by atoms with Crippen LogP contribution in [0.5, 0.6) is 0 Å². The number of esters is 1. The van der Waals surface area contributed by atoms with Gasteiger partial charge in [0.15, 0.2) is 0 Å². The van der Waals surface area contributed by atoms with Gasteiger partial charge in [0.25, 0.3) is 0 Å². The molecule has 1 saturated carbocycles. The van der Waals surface area contributed by atoms with Crippen LogP contribution in [0.4, 0.5) is 4.79 Å². The van der Waals surface area contributed by atoms with Crippen LogP contribution in [0.3, 0.4) is 0 Å². The van der Waals surface area contributed by atoms with Crippen molar-refractivity contribution in [3.8, 4) is 0 Å². The van der Waals surface area contributed by atoms with E-state index in [0.29, 0.717) is 25.8 Å². The summed E-state index contributed by atoms with van der Waals surface area (Å²) < 4.78 is 9.93. The minimum Gasteiger partial charge on any atom is -0.481 e. The lowest BCUT2D eigenvalue weighted by molar-refractivity contribution is -0.165. The van der Waals surface area contributed by atoms with Crippen molar-refractivity contribution >= 4 is 18.0 Å². The number of amides is 1.